The minimum atomic E-state index is -1.09. The second-order valence-corrected chi connectivity index (χ2v) is 7.59. The maximum atomic E-state index is 13.1. The van der Waals surface area contributed by atoms with E-state index in [1.165, 1.54) is 6.92 Å². The second kappa shape index (κ2) is 7.66. The molecule has 1 aliphatic heterocycles. The van der Waals surface area contributed by atoms with E-state index in [1.807, 2.05) is 0 Å². The van der Waals surface area contributed by atoms with Gasteiger partial charge in [-0.15, -0.1) is 0 Å². The summed E-state index contributed by atoms with van der Waals surface area (Å²) in [5.74, 6) is -1.39. The lowest BCUT2D eigenvalue weighted by Crippen LogP contribution is -2.52. The van der Waals surface area contributed by atoms with Gasteiger partial charge in [-0.2, -0.15) is 0 Å². The fraction of sp³-hybridized carbons (Fsp3) is 0.526. The van der Waals surface area contributed by atoms with Gasteiger partial charge in [0.2, 0.25) is 5.91 Å². The number of nitrogens with one attached hydrogen (secondary N) is 1. The summed E-state index contributed by atoms with van der Waals surface area (Å²) in [5, 5.41) is 12.1. The average molecular weight is 379 g/mol. The molecule has 0 aromatic heterocycles. The van der Waals surface area contributed by atoms with Crippen molar-refractivity contribution < 1.29 is 19.5 Å². The molecule has 7 heteroatoms. The molecule has 0 spiro atoms. The van der Waals surface area contributed by atoms with Crippen molar-refractivity contribution in [3.8, 4) is 0 Å². The molecule has 0 radical (unpaired) electrons. The number of rotatable bonds is 4. The number of carbonyl (C=O) groups is 3. The van der Waals surface area contributed by atoms with Crippen LogP contribution in [-0.2, 0) is 9.59 Å². The van der Waals surface area contributed by atoms with Gasteiger partial charge in [0.05, 0.1) is 0 Å². The van der Waals surface area contributed by atoms with Crippen LogP contribution in [0.25, 0.3) is 0 Å². The Hall–Kier alpha value is -2.08. The molecule has 2 aliphatic rings. The highest BCUT2D eigenvalue weighted by Crippen LogP contribution is 2.40. The van der Waals surface area contributed by atoms with Crippen LogP contribution in [-0.4, -0.2) is 45.9 Å². The molecule has 26 heavy (non-hydrogen) atoms. The normalized spacial score (nSPS) is 26.1. The lowest BCUT2D eigenvalue weighted by molar-refractivity contribution is -0.141. The second-order valence-electron chi connectivity index (χ2n) is 7.15. The third-order valence-electron chi connectivity index (χ3n) is 5.45. The topological polar surface area (TPSA) is 86.7 Å². The number of hydrogen-bond acceptors (Lipinski definition) is 3. The van der Waals surface area contributed by atoms with E-state index in [1.54, 1.807) is 29.2 Å². The molecule has 3 rings (SSSR count). The summed E-state index contributed by atoms with van der Waals surface area (Å²) in [5.41, 5.74) is 0.490. The molecule has 2 N–H and O–H groups in total. The number of benzene rings is 1. The average Bonchev–Trinajstić information content (AvgIpc) is 3.01. The van der Waals surface area contributed by atoms with E-state index < -0.39 is 24.0 Å². The maximum absolute atomic E-state index is 13.1. The first kappa shape index (κ1) is 18.7. The number of carboxylic acid groups (broad SMARTS) is 1. The van der Waals surface area contributed by atoms with Crippen molar-refractivity contribution in [2.24, 2.45) is 5.92 Å². The molecular formula is C19H23ClN2O4. The van der Waals surface area contributed by atoms with E-state index in [0.717, 1.165) is 25.7 Å². The molecule has 2 fully saturated rings. The molecule has 4 unspecified atom stereocenters. The van der Waals surface area contributed by atoms with Crippen LogP contribution in [0.5, 0.6) is 0 Å². The van der Waals surface area contributed by atoms with Crippen LogP contribution < -0.4 is 5.32 Å². The number of fused-ring (bicyclic) bond motifs is 1. The zero-order chi connectivity index (χ0) is 18.8. The van der Waals surface area contributed by atoms with Gasteiger partial charge >= 0.3 is 5.97 Å². The van der Waals surface area contributed by atoms with E-state index in [-0.39, 0.29) is 17.9 Å². The van der Waals surface area contributed by atoms with Crippen molar-refractivity contribution in [1.29, 1.82) is 0 Å². The monoisotopic (exact) mass is 378 g/mol. The minimum absolute atomic E-state index is 0.0304. The molecule has 1 saturated heterocycles. The lowest BCUT2D eigenvalue weighted by atomic mass is 9.84. The summed E-state index contributed by atoms with van der Waals surface area (Å²) in [6, 6.07) is 5.05. The Bertz CT molecular complexity index is 706. The van der Waals surface area contributed by atoms with E-state index in [4.69, 9.17) is 16.7 Å². The van der Waals surface area contributed by atoms with Crippen molar-refractivity contribution in [3.05, 3.63) is 34.9 Å². The quantitative estimate of drug-likeness (QED) is 0.843. The van der Waals surface area contributed by atoms with Gasteiger partial charge in [0.25, 0.3) is 5.91 Å². The Kier molecular flexibility index (Phi) is 5.51. The first-order valence-electron chi connectivity index (χ1n) is 9.00. The van der Waals surface area contributed by atoms with E-state index in [9.17, 15) is 14.4 Å². The zero-order valence-electron chi connectivity index (χ0n) is 14.7. The van der Waals surface area contributed by atoms with Gasteiger partial charge < -0.3 is 15.3 Å². The number of halogens is 1. The van der Waals surface area contributed by atoms with Crippen molar-refractivity contribution in [1.82, 2.24) is 10.2 Å². The molecule has 2 amide bonds. The third kappa shape index (κ3) is 3.70. The smallest absolute Gasteiger partial charge is 0.325 e. The van der Waals surface area contributed by atoms with Crippen molar-refractivity contribution in [2.75, 3.05) is 0 Å². The van der Waals surface area contributed by atoms with Crippen LogP contribution in [0, 0.1) is 5.92 Å². The van der Waals surface area contributed by atoms with Crippen LogP contribution in [0.1, 0.15) is 49.4 Å². The summed E-state index contributed by atoms with van der Waals surface area (Å²) in [4.78, 5) is 38.6. The number of carbonyl (C=O) groups excluding carboxylic acids is 2. The molecule has 1 aromatic rings. The fourth-order valence-corrected chi connectivity index (χ4v) is 4.23. The molecule has 1 heterocycles. The number of hydrogen-bond donors (Lipinski definition) is 2. The van der Waals surface area contributed by atoms with Crippen LogP contribution >= 0.6 is 11.6 Å². The molecule has 4 atom stereocenters. The zero-order valence-corrected chi connectivity index (χ0v) is 15.4. The van der Waals surface area contributed by atoms with Gasteiger partial charge in [-0.3, -0.25) is 14.4 Å². The molecule has 140 valence electrons. The highest BCUT2D eigenvalue weighted by Gasteiger charge is 2.47. The summed E-state index contributed by atoms with van der Waals surface area (Å²) in [6.45, 7) is 1.42. The van der Waals surface area contributed by atoms with Gasteiger partial charge in [-0.05, 0) is 56.4 Å². The summed E-state index contributed by atoms with van der Waals surface area (Å²) in [7, 11) is 0. The summed E-state index contributed by atoms with van der Waals surface area (Å²) < 4.78 is 0. The number of amides is 2. The van der Waals surface area contributed by atoms with E-state index in [0.29, 0.717) is 17.0 Å². The Morgan fingerprint density at radius 3 is 2.50 bits per heavy atom. The summed E-state index contributed by atoms with van der Waals surface area (Å²) >= 11 is 5.91. The van der Waals surface area contributed by atoms with Crippen molar-refractivity contribution in [3.63, 3.8) is 0 Å². The minimum Gasteiger partial charge on any atom is -0.480 e. The maximum Gasteiger partial charge on any atom is 0.325 e. The summed E-state index contributed by atoms with van der Waals surface area (Å²) in [6.07, 6.45) is 4.59. The number of likely N-dealkylation sites (tertiary alicyclic amines) is 1. The predicted octanol–water partition coefficient (Wildman–Crippen LogP) is 2.70. The molecule has 1 aromatic carbocycles. The number of carboxylic acids is 1. The fourth-order valence-electron chi connectivity index (χ4n) is 4.10. The van der Waals surface area contributed by atoms with Crippen LogP contribution in [0.3, 0.4) is 0 Å². The van der Waals surface area contributed by atoms with Gasteiger partial charge in [0.15, 0.2) is 0 Å². The van der Waals surface area contributed by atoms with Crippen molar-refractivity contribution in [2.45, 2.75) is 57.2 Å². The number of aliphatic carboxylic acids is 1. The standard InChI is InChI=1S/C19H23ClN2O4/c1-11(19(25)26)21-17(23)16-10-13-4-2-3-5-15(13)22(16)18(24)12-6-8-14(20)9-7-12/h6-9,11,13,15-16H,2-5,10H2,1H3,(H,21,23)(H,25,26). The van der Waals surface area contributed by atoms with Gasteiger partial charge in [-0.25, -0.2) is 0 Å². The Morgan fingerprint density at radius 2 is 1.85 bits per heavy atom. The Balaban J connectivity index is 1.86. The van der Waals surface area contributed by atoms with Crippen LogP contribution in [0.15, 0.2) is 24.3 Å². The molecular weight excluding hydrogens is 356 g/mol. The van der Waals surface area contributed by atoms with Gasteiger partial charge in [0, 0.05) is 16.6 Å². The Morgan fingerprint density at radius 1 is 1.19 bits per heavy atom. The van der Waals surface area contributed by atoms with Gasteiger partial charge in [-0.1, -0.05) is 24.4 Å². The van der Waals surface area contributed by atoms with E-state index >= 15 is 0 Å². The third-order valence-corrected chi connectivity index (χ3v) is 5.70. The van der Waals surface area contributed by atoms with Crippen LogP contribution in [0.4, 0.5) is 0 Å². The predicted molar refractivity (Wildman–Crippen MR) is 97.0 cm³/mol. The van der Waals surface area contributed by atoms with E-state index in [2.05, 4.69) is 5.32 Å². The van der Waals surface area contributed by atoms with Gasteiger partial charge in [0.1, 0.15) is 12.1 Å². The largest absolute Gasteiger partial charge is 0.480 e. The Labute approximate surface area is 157 Å². The lowest BCUT2D eigenvalue weighted by Gasteiger charge is -2.33. The number of nitrogens with zero attached hydrogens (tertiary/aromatic N) is 1. The SMILES string of the molecule is CC(NC(=O)C1CC2CCCCC2N1C(=O)c1ccc(Cl)cc1)C(=O)O. The molecule has 6 nitrogen and oxygen atoms in total. The van der Waals surface area contributed by atoms with Crippen LogP contribution in [0.2, 0.25) is 5.02 Å². The first-order valence-corrected chi connectivity index (χ1v) is 9.37. The molecule has 1 aliphatic carbocycles. The van der Waals surface area contributed by atoms with Crippen molar-refractivity contribution >= 4 is 29.4 Å². The highest BCUT2D eigenvalue weighted by molar-refractivity contribution is 6.30. The first-order chi connectivity index (χ1) is 12.4. The molecule has 1 saturated carbocycles. The highest BCUT2D eigenvalue weighted by atomic mass is 35.5. The molecule has 0 bridgehead atoms.